The summed E-state index contributed by atoms with van der Waals surface area (Å²) < 4.78 is 27.0. The van der Waals surface area contributed by atoms with E-state index >= 15 is 0 Å². The number of fused-ring (bicyclic) bond motifs is 1. The van der Waals surface area contributed by atoms with Crippen molar-refractivity contribution >= 4 is 32.5 Å². The molecule has 4 nitrogen and oxygen atoms in total. The molecule has 1 aliphatic carbocycles. The largest absolute Gasteiger partial charge is 0.256 e. The van der Waals surface area contributed by atoms with Crippen molar-refractivity contribution in [3.8, 4) is 0 Å². The van der Waals surface area contributed by atoms with Crippen molar-refractivity contribution in [3.63, 3.8) is 0 Å². The molecule has 3 rings (SSSR count). The van der Waals surface area contributed by atoms with E-state index in [-0.39, 0.29) is 5.38 Å². The number of benzene rings is 1. The van der Waals surface area contributed by atoms with Crippen LogP contribution in [0.4, 0.5) is 0 Å². The van der Waals surface area contributed by atoms with E-state index in [1.165, 1.54) is 4.31 Å². The van der Waals surface area contributed by atoms with Gasteiger partial charge in [0.2, 0.25) is 10.0 Å². The molecule has 0 saturated heterocycles. The predicted octanol–water partition coefficient (Wildman–Crippen LogP) is 2.87. The van der Waals surface area contributed by atoms with Crippen molar-refractivity contribution < 1.29 is 8.42 Å². The lowest BCUT2D eigenvalue weighted by molar-refractivity contribution is 0.268. The maximum Gasteiger partial charge on any atom is 0.243 e. The molecule has 1 aromatic carbocycles. The Labute approximate surface area is 129 Å². The summed E-state index contributed by atoms with van der Waals surface area (Å²) in [5.74, 6) is 0.361. The summed E-state index contributed by atoms with van der Waals surface area (Å²) >= 11 is 5.96. The van der Waals surface area contributed by atoms with Crippen molar-refractivity contribution in [2.24, 2.45) is 5.92 Å². The molecule has 0 radical (unpaired) electrons. The molecule has 1 heterocycles. The van der Waals surface area contributed by atoms with Crippen LogP contribution in [0.1, 0.15) is 12.8 Å². The second-order valence-electron chi connectivity index (χ2n) is 5.55. The first kappa shape index (κ1) is 14.8. The molecule has 0 unspecified atom stereocenters. The van der Waals surface area contributed by atoms with Gasteiger partial charge in [0.15, 0.2) is 0 Å². The van der Waals surface area contributed by atoms with Crippen LogP contribution < -0.4 is 0 Å². The number of hydrogen-bond donors (Lipinski definition) is 0. The Hall–Kier alpha value is -1.17. The topological polar surface area (TPSA) is 50.3 Å². The van der Waals surface area contributed by atoms with Crippen molar-refractivity contribution in [3.05, 3.63) is 36.5 Å². The fraction of sp³-hybridized carbons (Fsp3) is 0.400. The number of pyridine rings is 1. The van der Waals surface area contributed by atoms with Gasteiger partial charge in [-0.25, -0.2) is 12.7 Å². The molecular formula is C15H17ClN2O2S. The molecule has 0 N–H and O–H groups in total. The minimum atomic E-state index is -3.50. The molecule has 6 heteroatoms. The summed E-state index contributed by atoms with van der Waals surface area (Å²) in [4.78, 5) is 4.53. The third-order valence-corrected chi connectivity index (χ3v) is 6.23. The van der Waals surface area contributed by atoms with Crippen LogP contribution >= 0.6 is 11.6 Å². The van der Waals surface area contributed by atoms with E-state index in [0.717, 1.165) is 12.8 Å². The Morgan fingerprint density at radius 3 is 2.76 bits per heavy atom. The van der Waals surface area contributed by atoms with Crippen LogP contribution in [0, 0.1) is 5.92 Å². The van der Waals surface area contributed by atoms with Crippen molar-refractivity contribution in [2.45, 2.75) is 23.1 Å². The number of sulfonamides is 1. The summed E-state index contributed by atoms with van der Waals surface area (Å²) in [5.41, 5.74) is 0.691. The number of hydrogen-bond acceptors (Lipinski definition) is 3. The quantitative estimate of drug-likeness (QED) is 0.813. The zero-order chi connectivity index (χ0) is 15.0. The van der Waals surface area contributed by atoms with Crippen LogP contribution in [0.2, 0.25) is 0 Å². The number of halogens is 1. The third-order valence-electron chi connectivity index (χ3n) is 3.99. The molecule has 1 aliphatic rings. The van der Waals surface area contributed by atoms with Gasteiger partial charge < -0.3 is 0 Å². The Morgan fingerprint density at radius 2 is 2.05 bits per heavy atom. The van der Waals surface area contributed by atoms with Gasteiger partial charge in [-0.05, 0) is 43.0 Å². The van der Waals surface area contributed by atoms with E-state index in [4.69, 9.17) is 11.6 Å². The molecule has 2 aromatic rings. The summed E-state index contributed by atoms with van der Waals surface area (Å²) in [5, 5.41) is 0.864. The number of rotatable bonds is 4. The van der Waals surface area contributed by atoms with Gasteiger partial charge in [-0.3, -0.25) is 4.98 Å². The summed E-state index contributed by atoms with van der Waals surface area (Å²) in [6, 6.07) is 8.74. The van der Waals surface area contributed by atoms with Crippen molar-refractivity contribution in [1.82, 2.24) is 9.29 Å². The summed E-state index contributed by atoms with van der Waals surface area (Å²) in [7, 11) is -1.87. The van der Waals surface area contributed by atoms with Gasteiger partial charge in [-0.1, -0.05) is 6.07 Å². The number of nitrogens with zero attached hydrogens (tertiary/aromatic N) is 2. The third kappa shape index (κ3) is 2.78. The van der Waals surface area contributed by atoms with Crippen LogP contribution in [0.15, 0.2) is 41.4 Å². The first-order chi connectivity index (χ1) is 9.98. The normalized spacial score (nSPS) is 22.4. The SMILES string of the molecule is CN(CC1CC(Cl)C1)S(=O)(=O)c1cccc2ncccc12. The van der Waals surface area contributed by atoms with Gasteiger partial charge in [-0.15, -0.1) is 11.6 Å². The van der Waals surface area contributed by atoms with E-state index in [1.54, 1.807) is 37.5 Å². The Kier molecular flexibility index (Phi) is 3.90. The van der Waals surface area contributed by atoms with E-state index in [0.29, 0.717) is 28.3 Å². The molecule has 0 amide bonds. The Bertz CT molecular complexity index is 752. The lowest BCUT2D eigenvalue weighted by atomic mass is 9.85. The maximum atomic E-state index is 12.8. The predicted molar refractivity (Wildman–Crippen MR) is 83.9 cm³/mol. The monoisotopic (exact) mass is 324 g/mol. The lowest BCUT2D eigenvalue weighted by Crippen LogP contribution is -2.37. The van der Waals surface area contributed by atoms with Gasteiger partial charge in [0.1, 0.15) is 0 Å². The van der Waals surface area contributed by atoms with E-state index in [9.17, 15) is 8.42 Å². The molecular weight excluding hydrogens is 308 g/mol. The fourth-order valence-electron chi connectivity index (χ4n) is 2.73. The number of aromatic nitrogens is 1. The van der Waals surface area contributed by atoms with E-state index < -0.39 is 10.0 Å². The smallest absolute Gasteiger partial charge is 0.243 e. The average Bonchev–Trinajstić information content (AvgIpc) is 2.44. The highest BCUT2D eigenvalue weighted by molar-refractivity contribution is 7.89. The molecule has 0 bridgehead atoms. The number of alkyl halides is 1. The van der Waals surface area contributed by atoms with Gasteiger partial charge >= 0.3 is 0 Å². The van der Waals surface area contributed by atoms with Gasteiger partial charge in [-0.2, -0.15) is 0 Å². The molecule has 21 heavy (non-hydrogen) atoms. The van der Waals surface area contributed by atoms with Crippen molar-refractivity contribution in [1.29, 1.82) is 0 Å². The Morgan fingerprint density at radius 1 is 1.29 bits per heavy atom. The van der Waals surface area contributed by atoms with E-state index in [2.05, 4.69) is 4.98 Å². The highest BCUT2D eigenvalue weighted by Crippen LogP contribution is 2.33. The highest BCUT2D eigenvalue weighted by atomic mass is 35.5. The molecule has 0 aliphatic heterocycles. The second kappa shape index (κ2) is 5.55. The first-order valence-electron chi connectivity index (χ1n) is 6.92. The molecule has 0 spiro atoms. The second-order valence-corrected chi connectivity index (χ2v) is 8.18. The van der Waals surface area contributed by atoms with Gasteiger partial charge in [0.25, 0.3) is 0 Å². The fourth-order valence-corrected chi connectivity index (χ4v) is 4.68. The zero-order valence-electron chi connectivity index (χ0n) is 11.7. The molecule has 1 aromatic heterocycles. The zero-order valence-corrected chi connectivity index (χ0v) is 13.3. The van der Waals surface area contributed by atoms with Gasteiger partial charge in [0, 0.05) is 30.6 Å². The molecule has 1 saturated carbocycles. The summed E-state index contributed by atoms with van der Waals surface area (Å²) in [6.45, 7) is 0.516. The maximum absolute atomic E-state index is 12.8. The van der Waals surface area contributed by atoms with Gasteiger partial charge in [0.05, 0.1) is 10.4 Å². The summed E-state index contributed by atoms with van der Waals surface area (Å²) in [6.07, 6.45) is 3.44. The van der Waals surface area contributed by atoms with Crippen LogP contribution in [0.3, 0.4) is 0 Å². The van der Waals surface area contributed by atoms with Crippen LogP contribution in [-0.4, -0.2) is 36.7 Å². The minimum absolute atomic E-state index is 0.202. The minimum Gasteiger partial charge on any atom is -0.256 e. The molecule has 1 fully saturated rings. The first-order valence-corrected chi connectivity index (χ1v) is 8.80. The standard InChI is InChI=1S/C15H17ClN2O2S/c1-18(10-11-8-12(16)9-11)21(19,20)15-6-2-5-14-13(15)4-3-7-17-14/h2-7,11-12H,8-10H2,1H3. The molecule has 112 valence electrons. The lowest BCUT2D eigenvalue weighted by Gasteiger charge is -2.33. The van der Waals surface area contributed by atoms with Crippen molar-refractivity contribution in [2.75, 3.05) is 13.6 Å². The van der Waals surface area contributed by atoms with Crippen LogP contribution in [-0.2, 0) is 10.0 Å². The highest BCUT2D eigenvalue weighted by Gasteiger charge is 2.32. The average molecular weight is 325 g/mol. The Balaban J connectivity index is 1.92. The van der Waals surface area contributed by atoms with E-state index in [1.807, 2.05) is 6.07 Å². The van der Waals surface area contributed by atoms with Crippen LogP contribution in [0.5, 0.6) is 0 Å². The molecule has 0 atom stereocenters. The van der Waals surface area contributed by atoms with Crippen LogP contribution in [0.25, 0.3) is 10.9 Å².